The molecule has 0 aliphatic carbocycles. The summed E-state index contributed by atoms with van der Waals surface area (Å²) in [5.41, 5.74) is 2.76. The molecule has 2 aromatic heterocycles. The van der Waals surface area contributed by atoms with E-state index in [4.69, 9.17) is 4.74 Å². The van der Waals surface area contributed by atoms with Gasteiger partial charge in [0.15, 0.2) is 0 Å². The average molecular weight is 259 g/mol. The van der Waals surface area contributed by atoms with Gasteiger partial charge in [0, 0.05) is 25.2 Å². The lowest BCUT2D eigenvalue weighted by atomic mass is 10.0. The quantitative estimate of drug-likeness (QED) is 0.897. The number of fused-ring (bicyclic) bond motifs is 1. The van der Waals surface area contributed by atoms with Gasteiger partial charge in [0.25, 0.3) is 0 Å². The number of hydrogen-bond donors (Lipinski definition) is 1. The first-order chi connectivity index (χ1) is 9.24. The summed E-state index contributed by atoms with van der Waals surface area (Å²) in [6.07, 6.45) is 7.37. The van der Waals surface area contributed by atoms with Crippen LogP contribution >= 0.6 is 0 Å². The van der Waals surface area contributed by atoms with Crippen LogP contribution in [0.3, 0.4) is 0 Å². The van der Waals surface area contributed by atoms with Gasteiger partial charge < -0.3 is 14.5 Å². The third-order valence-corrected chi connectivity index (χ3v) is 3.47. The number of hydrogen-bond acceptors (Lipinski definition) is 3. The van der Waals surface area contributed by atoms with Crippen LogP contribution in [-0.2, 0) is 9.53 Å². The van der Waals surface area contributed by atoms with Crippen LogP contribution in [0, 0.1) is 12.8 Å². The molecule has 1 aliphatic heterocycles. The van der Waals surface area contributed by atoms with Crippen LogP contribution in [-0.4, -0.2) is 28.5 Å². The second-order valence-corrected chi connectivity index (χ2v) is 4.97. The first-order valence-electron chi connectivity index (χ1n) is 6.56. The van der Waals surface area contributed by atoms with Crippen molar-refractivity contribution in [1.29, 1.82) is 0 Å². The molecule has 0 bridgehead atoms. The number of carbonyl (C=O) groups excluding carboxylic acids is 1. The molecular weight excluding hydrogens is 242 g/mol. The molecule has 3 heterocycles. The predicted octanol–water partition coefficient (Wildman–Crippen LogP) is 2.01. The number of rotatable bonds is 2. The highest BCUT2D eigenvalue weighted by Gasteiger charge is 2.21. The van der Waals surface area contributed by atoms with E-state index in [-0.39, 0.29) is 11.8 Å². The Balaban J connectivity index is 1.78. The van der Waals surface area contributed by atoms with Crippen molar-refractivity contribution in [2.75, 3.05) is 18.5 Å². The van der Waals surface area contributed by atoms with Gasteiger partial charge in [-0.25, -0.2) is 4.98 Å². The molecule has 1 amide bonds. The minimum absolute atomic E-state index is 0.0347. The molecule has 100 valence electrons. The Labute approximate surface area is 111 Å². The number of pyridine rings is 1. The molecule has 3 rings (SSSR count). The maximum atomic E-state index is 12.1. The Morgan fingerprint density at radius 3 is 3.26 bits per heavy atom. The molecule has 2 aromatic rings. The number of amides is 1. The molecule has 0 aromatic carbocycles. The minimum atomic E-state index is -0.0347. The van der Waals surface area contributed by atoms with Crippen molar-refractivity contribution in [2.45, 2.75) is 19.8 Å². The van der Waals surface area contributed by atoms with Crippen molar-refractivity contribution in [1.82, 2.24) is 9.38 Å². The van der Waals surface area contributed by atoms with Crippen LogP contribution < -0.4 is 5.32 Å². The first-order valence-corrected chi connectivity index (χ1v) is 6.56. The van der Waals surface area contributed by atoms with E-state index in [1.54, 1.807) is 6.20 Å². The zero-order valence-electron chi connectivity index (χ0n) is 10.9. The molecule has 0 radical (unpaired) electrons. The van der Waals surface area contributed by atoms with E-state index in [0.29, 0.717) is 6.61 Å². The average Bonchev–Trinajstić information content (AvgIpc) is 2.88. The number of aromatic nitrogens is 2. The Hall–Kier alpha value is -1.88. The molecule has 0 spiro atoms. The normalized spacial score (nSPS) is 19.5. The maximum absolute atomic E-state index is 12.1. The minimum Gasteiger partial charge on any atom is -0.381 e. The summed E-state index contributed by atoms with van der Waals surface area (Å²) >= 11 is 0. The summed E-state index contributed by atoms with van der Waals surface area (Å²) in [7, 11) is 0. The highest BCUT2D eigenvalue weighted by atomic mass is 16.5. The zero-order chi connectivity index (χ0) is 13.2. The molecule has 19 heavy (non-hydrogen) atoms. The zero-order valence-corrected chi connectivity index (χ0v) is 10.9. The van der Waals surface area contributed by atoms with Crippen molar-refractivity contribution < 1.29 is 9.53 Å². The summed E-state index contributed by atoms with van der Waals surface area (Å²) in [4.78, 5) is 16.4. The summed E-state index contributed by atoms with van der Waals surface area (Å²) in [5, 5.41) is 2.97. The lowest BCUT2D eigenvalue weighted by Crippen LogP contribution is -2.30. The highest BCUT2D eigenvalue weighted by Crippen LogP contribution is 2.19. The molecule has 1 fully saturated rings. The van der Waals surface area contributed by atoms with Crippen molar-refractivity contribution in [2.24, 2.45) is 5.92 Å². The van der Waals surface area contributed by atoms with Crippen molar-refractivity contribution >= 4 is 17.2 Å². The Bertz CT molecular complexity index is 600. The van der Waals surface area contributed by atoms with E-state index in [0.717, 1.165) is 36.3 Å². The molecule has 0 saturated carbocycles. The number of ether oxygens (including phenoxy) is 1. The van der Waals surface area contributed by atoms with Crippen LogP contribution in [0.4, 0.5) is 5.69 Å². The van der Waals surface area contributed by atoms with Crippen molar-refractivity contribution in [3.8, 4) is 0 Å². The summed E-state index contributed by atoms with van der Waals surface area (Å²) in [6.45, 7) is 3.28. The molecule has 1 atom stereocenters. The van der Waals surface area contributed by atoms with E-state index >= 15 is 0 Å². The van der Waals surface area contributed by atoms with Gasteiger partial charge in [-0.15, -0.1) is 0 Å². The Kier molecular flexibility index (Phi) is 3.21. The lowest BCUT2D eigenvalue weighted by molar-refractivity contribution is -0.123. The van der Waals surface area contributed by atoms with Gasteiger partial charge in [-0.3, -0.25) is 4.79 Å². The largest absolute Gasteiger partial charge is 0.381 e. The van der Waals surface area contributed by atoms with Crippen molar-refractivity contribution in [3.05, 3.63) is 30.2 Å². The molecule has 0 unspecified atom stereocenters. The number of aryl methyl sites for hydroxylation is 1. The SMILES string of the molecule is Cc1cc(NC(=O)[C@@H]2CCCOC2)cn2ccnc12. The van der Waals surface area contributed by atoms with Crippen LogP contribution in [0.15, 0.2) is 24.7 Å². The summed E-state index contributed by atoms with van der Waals surface area (Å²) < 4.78 is 7.27. The standard InChI is InChI=1S/C14H17N3O2/c1-10-7-12(8-17-5-4-15-13(10)17)16-14(18)11-3-2-6-19-9-11/h4-5,7-8,11H,2-3,6,9H2,1H3,(H,16,18)/t11-/m1/s1. The molecule has 1 saturated heterocycles. The molecule has 1 aliphatic rings. The number of anilines is 1. The van der Waals surface area contributed by atoms with Crippen LogP contribution in [0.5, 0.6) is 0 Å². The number of nitrogens with one attached hydrogen (secondary N) is 1. The summed E-state index contributed by atoms with van der Waals surface area (Å²) in [5.74, 6) is 0.00565. The van der Waals surface area contributed by atoms with E-state index < -0.39 is 0 Å². The second-order valence-electron chi connectivity index (χ2n) is 4.97. The summed E-state index contributed by atoms with van der Waals surface area (Å²) in [6, 6.07) is 1.95. The van der Waals surface area contributed by atoms with Gasteiger partial charge in [0.05, 0.1) is 18.2 Å². The molecular formula is C14H17N3O2. The van der Waals surface area contributed by atoms with Crippen LogP contribution in [0.2, 0.25) is 0 Å². The maximum Gasteiger partial charge on any atom is 0.229 e. The fourth-order valence-corrected chi connectivity index (χ4v) is 2.47. The van der Waals surface area contributed by atoms with Gasteiger partial charge in [-0.05, 0) is 31.4 Å². The lowest BCUT2D eigenvalue weighted by Gasteiger charge is -2.21. The van der Waals surface area contributed by atoms with Crippen LogP contribution in [0.25, 0.3) is 5.65 Å². The Morgan fingerprint density at radius 2 is 2.47 bits per heavy atom. The number of nitrogens with zero attached hydrogens (tertiary/aromatic N) is 2. The van der Waals surface area contributed by atoms with Gasteiger partial charge >= 0.3 is 0 Å². The third-order valence-electron chi connectivity index (χ3n) is 3.47. The van der Waals surface area contributed by atoms with Gasteiger partial charge in [0.1, 0.15) is 5.65 Å². The van der Waals surface area contributed by atoms with E-state index in [1.165, 1.54) is 0 Å². The van der Waals surface area contributed by atoms with Gasteiger partial charge in [0.2, 0.25) is 5.91 Å². The molecule has 1 N–H and O–H groups in total. The predicted molar refractivity (Wildman–Crippen MR) is 72.1 cm³/mol. The topological polar surface area (TPSA) is 55.6 Å². The third kappa shape index (κ3) is 2.46. The molecule has 5 heteroatoms. The highest BCUT2D eigenvalue weighted by molar-refractivity contribution is 5.92. The molecule has 5 nitrogen and oxygen atoms in total. The number of imidazole rings is 1. The van der Waals surface area contributed by atoms with Gasteiger partial charge in [-0.2, -0.15) is 0 Å². The van der Waals surface area contributed by atoms with E-state index in [1.807, 2.05) is 29.8 Å². The van der Waals surface area contributed by atoms with E-state index in [2.05, 4.69) is 10.3 Å². The van der Waals surface area contributed by atoms with Crippen molar-refractivity contribution in [3.63, 3.8) is 0 Å². The number of carbonyl (C=O) groups is 1. The second kappa shape index (κ2) is 5.01. The Morgan fingerprint density at radius 1 is 1.58 bits per heavy atom. The smallest absolute Gasteiger partial charge is 0.229 e. The van der Waals surface area contributed by atoms with Crippen LogP contribution in [0.1, 0.15) is 18.4 Å². The van der Waals surface area contributed by atoms with Gasteiger partial charge in [-0.1, -0.05) is 0 Å². The fraction of sp³-hybridized carbons (Fsp3) is 0.429. The first kappa shape index (κ1) is 12.2. The monoisotopic (exact) mass is 259 g/mol. The fourth-order valence-electron chi connectivity index (χ4n) is 2.47. The van der Waals surface area contributed by atoms with E-state index in [9.17, 15) is 4.79 Å².